The summed E-state index contributed by atoms with van der Waals surface area (Å²) >= 11 is 0. The Kier molecular flexibility index (Phi) is 9.27. The zero-order chi connectivity index (χ0) is 20.2. The molecule has 2 aromatic rings. The van der Waals surface area contributed by atoms with Crippen LogP contribution in [0.25, 0.3) is 11.4 Å². The summed E-state index contributed by atoms with van der Waals surface area (Å²) in [5.41, 5.74) is 0.927. The molecule has 0 aliphatic rings. The van der Waals surface area contributed by atoms with Gasteiger partial charge in [0.15, 0.2) is 11.8 Å². The lowest BCUT2D eigenvalue weighted by molar-refractivity contribution is 0.128. The number of aromatic amines is 1. The predicted octanol–water partition coefficient (Wildman–Crippen LogP) is 2.60. The van der Waals surface area contributed by atoms with E-state index in [1.54, 1.807) is 7.11 Å². The molecule has 154 valence electrons. The van der Waals surface area contributed by atoms with Crippen LogP contribution in [0.4, 0.5) is 0 Å². The van der Waals surface area contributed by atoms with E-state index in [0.717, 1.165) is 36.8 Å². The second-order valence-electron chi connectivity index (χ2n) is 6.75. The van der Waals surface area contributed by atoms with Gasteiger partial charge in [0.2, 0.25) is 0 Å². The zero-order valence-corrected chi connectivity index (χ0v) is 17.3. The SMILES string of the molecule is CCNC(=NCc1nc(-c2ccc(OC)cc2)n[nH]1)NCCOCCC(C)C. The van der Waals surface area contributed by atoms with E-state index >= 15 is 0 Å². The van der Waals surface area contributed by atoms with Crippen molar-refractivity contribution < 1.29 is 9.47 Å². The summed E-state index contributed by atoms with van der Waals surface area (Å²) in [6.45, 7) is 9.77. The fraction of sp³-hybridized carbons (Fsp3) is 0.550. The number of guanidine groups is 1. The Hall–Kier alpha value is -2.61. The van der Waals surface area contributed by atoms with Crippen LogP contribution in [0.3, 0.4) is 0 Å². The van der Waals surface area contributed by atoms with Gasteiger partial charge in [0.25, 0.3) is 0 Å². The summed E-state index contributed by atoms with van der Waals surface area (Å²) in [5.74, 6) is 3.55. The van der Waals surface area contributed by atoms with Crippen LogP contribution in [-0.2, 0) is 11.3 Å². The summed E-state index contributed by atoms with van der Waals surface area (Å²) in [4.78, 5) is 9.06. The van der Waals surface area contributed by atoms with Gasteiger partial charge in [-0.1, -0.05) is 13.8 Å². The Bertz CT molecular complexity index is 712. The second kappa shape index (κ2) is 12.0. The van der Waals surface area contributed by atoms with Gasteiger partial charge in [-0.05, 0) is 43.5 Å². The molecular formula is C20H32N6O2. The van der Waals surface area contributed by atoms with Gasteiger partial charge < -0.3 is 20.1 Å². The van der Waals surface area contributed by atoms with Crippen LogP contribution in [-0.4, -0.2) is 54.6 Å². The Morgan fingerprint density at radius 1 is 1.18 bits per heavy atom. The quantitative estimate of drug-likeness (QED) is 0.311. The summed E-state index contributed by atoms with van der Waals surface area (Å²) < 4.78 is 10.8. The number of methoxy groups -OCH3 is 1. The molecule has 0 fully saturated rings. The molecule has 0 bridgehead atoms. The lowest BCUT2D eigenvalue weighted by Crippen LogP contribution is -2.39. The van der Waals surface area contributed by atoms with Crippen molar-refractivity contribution >= 4 is 5.96 Å². The van der Waals surface area contributed by atoms with Crippen LogP contribution in [0.5, 0.6) is 5.75 Å². The van der Waals surface area contributed by atoms with Gasteiger partial charge in [-0.15, -0.1) is 0 Å². The van der Waals surface area contributed by atoms with E-state index in [1.165, 1.54) is 0 Å². The average molecular weight is 389 g/mol. The van der Waals surface area contributed by atoms with Crippen LogP contribution < -0.4 is 15.4 Å². The summed E-state index contributed by atoms with van der Waals surface area (Å²) in [5, 5.41) is 13.7. The van der Waals surface area contributed by atoms with E-state index in [4.69, 9.17) is 9.47 Å². The van der Waals surface area contributed by atoms with Gasteiger partial charge >= 0.3 is 0 Å². The molecule has 3 N–H and O–H groups in total. The smallest absolute Gasteiger partial charge is 0.191 e. The molecule has 1 aromatic carbocycles. The van der Waals surface area contributed by atoms with Crippen LogP contribution >= 0.6 is 0 Å². The van der Waals surface area contributed by atoms with Crippen molar-refractivity contribution in [2.45, 2.75) is 33.7 Å². The second-order valence-corrected chi connectivity index (χ2v) is 6.75. The highest BCUT2D eigenvalue weighted by molar-refractivity contribution is 5.79. The Balaban J connectivity index is 1.84. The minimum Gasteiger partial charge on any atom is -0.497 e. The van der Waals surface area contributed by atoms with E-state index in [2.05, 4.69) is 44.7 Å². The average Bonchev–Trinajstić information content (AvgIpc) is 3.17. The maximum absolute atomic E-state index is 5.62. The number of H-pyrrole nitrogens is 1. The molecule has 0 atom stereocenters. The maximum atomic E-state index is 5.62. The first-order valence-electron chi connectivity index (χ1n) is 9.78. The standard InChI is InChI=1S/C20H32N6O2/c1-5-21-20(22-11-13-28-12-10-15(2)3)23-14-18-24-19(26-25-18)16-6-8-17(27-4)9-7-16/h6-9,15H,5,10-14H2,1-4H3,(H2,21,22,23)(H,24,25,26). The highest BCUT2D eigenvalue weighted by Gasteiger charge is 2.06. The van der Waals surface area contributed by atoms with Crippen molar-refractivity contribution in [3.63, 3.8) is 0 Å². The minimum atomic E-state index is 0.409. The van der Waals surface area contributed by atoms with E-state index in [0.29, 0.717) is 37.3 Å². The van der Waals surface area contributed by atoms with Crippen LogP contribution in [0.15, 0.2) is 29.3 Å². The predicted molar refractivity (Wildman–Crippen MR) is 111 cm³/mol. The Morgan fingerprint density at radius 2 is 1.96 bits per heavy atom. The number of hydrogen-bond acceptors (Lipinski definition) is 5. The first-order valence-corrected chi connectivity index (χ1v) is 9.78. The normalized spacial score (nSPS) is 11.7. The van der Waals surface area contributed by atoms with Gasteiger partial charge in [0.05, 0.1) is 13.7 Å². The number of hydrogen-bond donors (Lipinski definition) is 3. The van der Waals surface area contributed by atoms with Crippen LogP contribution in [0.1, 0.15) is 33.0 Å². The molecule has 0 radical (unpaired) electrons. The largest absolute Gasteiger partial charge is 0.497 e. The first-order chi connectivity index (χ1) is 13.6. The number of ether oxygens (including phenoxy) is 2. The van der Waals surface area contributed by atoms with Gasteiger partial charge in [-0.25, -0.2) is 9.98 Å². The van der Waals surface area contributed by atoms with Gasteiger partial charge in [0.1, 0.15) is 18.1 Å². The fourth-order valence-electron chi connectivity index (χ4n) is 2.39. The zero-order valence-electron chi connectivity index (χ0n) is 17.3. The van der Waals surface area contributed by atoms with Crippen LogP contribution in [0.2, 0.25) is 0 Å². The molecule has 0 aliphatic heterocycles. The third kappa shape index (κ3) is 7.56. The number of rotatable bonds is 11. The maximum Gasteiger partial charge on any atom is 0.191 e. The summed E-state index contributed by atoms with van der Waals surface area (Å²) in [6, 6.07) is 7.64. The van der Waals surface area contributed by atoms with Gasteiger partial charge in [0, 0.05) is 25.3 Å². The van der Waals surface area contributed by atoms with E-state index < -0.39 is 0 Å². The minimum absolute atomic E-state index is 0.409. The molecule has 0 aliphatic carbocycles. The number of aromatic nitrogens is 3. The highest BCUT2D eigenvalue weighted by Crippen LogP contribution is 2.18. The number of nitrogens with one attached hydrogen (secondary N) is 3. The molecule has 8 heteroatoms. The molecule has 2 rings (SSSR count). The van der Waals surface area contributed by atoms with E-state index in [9.17, 15) is 0 Å². The highest BCUT2D eigenvalue weighted by atomic mass is 16.5. The summed E-state index contributed by atoms with van der Waals surface area (Å²) in [6.07, 6.45) is 1.08. The van der Waals surface area contributed by atoms with E-state index in [-0.39, 0.29) is 0 Å². The topological polar surface area (TPSA) is 96.5 Å². The summed E-state index contributed by atoms with van der Waals surface area (Å²) in [7, 11) is 1.64. The van der Waals surface area contributed by atoms with Crippen molar-refractivity contribution in [2.75, 3.05) is 33.4 Å². The third-order valence-electron chi connectivity index (χ3n) is 3.99. The van der Waals surface area contributed by atoms with Crippen molar-refractivity contribution in [1.29, 1.82) is 0 Å². The monoisotopic (exact) mass is 388 g/mol. The molecule has 1 heterocycles. The van der Waals surface area contributed by atoms with E-state index in [1.807, 2.05) is 31.2 Å². The third-order valence-corrected chi connectivity index (χ3v) is 3.99. The lowest BCUT2D eigenvalue weighted by Gasteiger charge is -2.11. The Morgan fingerprint density at radius 3 is 2.64 bits per heavy atom. The number of nitrogens with zero attached hydrogens (tertiary/aromatic N) is 3. The molecular weight excluding hydrogens is 356 g/mol. The van der Waals surface area contributed by atoms with Crippen molar-refractivity contribution in [3.05, 3.63) is 30.1 Å². The Labute approximate surface area is 167 Å². The lowest BCUT2D eigenvalue weighted by atomic mass is 10.1. The molecule has 0 spiro atoms. The van der Waals surface area contributed by atoms with Crippen LogP contribution in [0, 0.1) is 5.92 Å². The van der Waals surface area contributed by atoms with Crippen molar-refractivity contribution in [2.24, 2.45) is 10.9 Å². The fourth-order valence-corrected chi connectivity index (χ4v) is 2.39. The molecule has 0 saturated heterocycles. The molecule has 8 nitrogen and oxygen atoms in total. The van der Waals surface area contributed by atoms with Gasteiger partial charge in [-0.2, -0.15) is 5.10 Å². The molecule has 0 saturated carbocycles. The molecule has 0 amide bonds. The van der Waals surface area contributed by atoms with Gasteiger partial charge in [-0.3, -0.25) is 5.10 Å². The van der Waals surface area contributed by atoms with Crippen molar-refractivity contribution in [3.8, 4) is 17.1 Å². The number of aliphatic imine (C=N–C) groups is 1. The molecule has 0 unspecified atom stereocenters. The first kappa shape index (κ1) is 21.7. The number of benzene rings is 1. The van der Waals surface area contributed by atoms with Crippen molar-refractivity contribution in [1.82, 2.24) is 25.8 Å². The molecule has 28 heavy (non-hydrogen) atoms. The molecule has 1 aromatic heterocycles.